The molecular weight excluding hydrogens is 164 g/mol. The van der Waals surface area contributed by atoms with Crippen LogP contribution in [-0.2, 0) is 0 Å². The molecule has 0 saturated carbocycles. The molecule has 74 valence electrons. The number of nitrogens with one attached hydrogen (secondary N) is 1. The second-order valence-corrected chi connectivity index (χ2v) is 4.02. The predicted octanol–water partition coefficient (Wildman–Crippen LogP) is 0.0500. The Bertz CT molecular complexity index is 204. The van der Waals surface area contributed by atoms with Crippen LogP contribution in [0.3, 0.4) is 0 Å². The summed E-state index contributed by atoms with van der Waals surface area (Å²) in [5, 5.41) is 7.38. The van der Waals surface area contributed by atoms with E-state index in [0.29, 0.717) is 6.04 Å². The highest BCUT2D eigenvalue weighted by molar-refractivity contribution is 5.74. The number of hydrogen-bond donors (Lipinski definition) is 2. The lowest BCUT2D eigenvalue weighted by Gasteiger charge is -2.44. The van der Waals surface area contributed by atoms with Crippen molar-refractivity contribution in [1.82, 2.24) is 9.80 Å². The van der Waals surface area contributed by atoms with Crippen LogP contribution < -0.4 is 5.73 Å². The van der Waals surface area contributed by atoms with Gasteiger partial charge in [0.15, 0.2) is 5.96 Å². The Morgan fingerprint density at radius 2 is 2.08 bits per heavy atom. The molecule has 0 radical (unpaired) electrons. The van der Waals surface area contributed by atoms with Gasteiger partial charge in [-0.1, -0.05) is 6.42 Å². The number of piperazine rings is 1. The van der Waals surface area contributed by atoms with E-state index in [1.165, 1.54) is 25.8 Å². The van der Waals surface area contributed by atoms with Gasteiger partial charge in [0.2, 0.25) is 0 Å². The van der Waals surface area contributed by atoms with Crippen molar-refractivity contribution in [2.45, 2.75) is 25.3 Å². The van der Waals surface area contributed by atoms with Crippen LogP contribution in [0.15, 0.2) is 0 Å². The molecule has 0 aromatic carbocycles. The molecule has 0 unspecified atom stereocenters. The van der Waals surface area contributed by atoms with Crippen molar-refractivity contribution in [3.8, 4) is 0 Å². The smallest absolute Gasteiger partial charge is 0.188 e. The zero-order valence-corrected chi connectivity index (χ0v) is 8.00. The average Bonchev–Trinajstić information content (AvgIpc) is 2.17. The van der Waals surface area contributed by atoms with Crippen LogP contribution in [-0.4, -0.2) is 48.0 Å². The van der Waals surface area contributed by atoms with Gasteiger partial charge in [-0.3, -0.25) is 10.3 Å². The van der Waals surface area contributed by atoms with Crippen molar-refractivity contribution in [1.29, 1.82) is 5.41 Å². The number of nitrogens with two attached hydrogens (primary N) is 1. The lowest BCUT2D eigenvalue weighted by molar-refractivity contribution is 0.0794. The summed E-state index contributed by atoms with van der Waals surface area (Å²) in [4.78, 5) is 4.54. The maximum Gasteiger partial charge on any atom is 0.188 e. The van der Waals surface area contributed by atoms with Gasteiger partial charge in [-0.15, -0.1) is 0 Å². The van der Waals surface area contributed by atoms with E-state index in [1.807, 2.05) is 4.90 Å². The zero-order chi connectivity index (χ0) is 9.26. The summed E-state index contributed by atoms with van der Waals surface area (Å²) in [5.41, 5.74) is 5.48. The molecule has 2 heterocycles. The number of piperidine rings is 1. The monoisotopic (exact) mass is 182 g/mol. The second kappa shape index (κ2) is 3.54. The number of fused-ring (bicyclic) bond motifs is 1. The van der Waals surface area contributed by atoms with Crippen LogP contribution in [0.25, 0.3) is 0 Å². The van der Waals surface area contributed by atoms with Crippen LogP contribution in [0, 0.1) is 5.41 Å². The molecule has 2 fully saturated rings. The van der Waals surface area contributed by atoms with E-state index in [1.54, 1.807) is 0 Å². The summed E-state index contributed by atoms with van der Waals surface area (Å²) >= 11 is 0. The molecule has 2 saturated heterocycles. The molecular formula is C9H18N4. The van der Waals surface area contributed by atoms with Crippen LogP contribution in [0.1, 0.15) is 19.3 Å². The summed E-state index contributed by atoms with van der Waals surface area (Å²) in [6, 6.07) is 0.659. The minimum atomic E-state index is 0.241. The molecule has 2 rings (SSSR count). The third-order valence-electron chi connectivity index (χ3n) is 3.18. The minimum Gasteiger partial charge on any atom is -0.370 e. The number of hydrogen-bond acceptors (Lipinski definition) is 2. The molecule has 0 bridgehead atoms. The molecule has 0 aliphatic carbocycles. The second-order valence-electron chi connectivity index (χ2n) is 4.02. The molecule has 2 aliphatic heterocycles. The Hall–Kier alpha value is -0.770. The lowest BCUT2D eigenvalue weighted by atomic mass is 10.00. The number of rotatable bonds is 0. The molecule has 4 nitrogen and oxygen atoms in total. The van der Waals surface area contributed by atoms with Gasteiger partial charge in [0.1, 0.15) is 0 Å². The van der Waals surface area contributed by atoms with Gasteiger partial charge in [0, 0.05) is 25.7 Å². The molecule has 0 aromatic rings. The zero-order valence-electron chi connectivity index (χ0n) is 8.00. The van der Waals surface area contributed by atoms with E-state index in [4.69, 9.17) is 11.1 Å². The van der Waals surface area contributed by atoms with Crippen molar-refractivity contribution < 1.29 is 0 Å². The van der Waals surface area contributed by atoms with Gasteiger partial charge in [0.25, 0.3) is 0 Å². The Labute approximate surface area is 79.2 Å². The Morgan fingerprint density at radius 3 is 2.85 bits per heavy atom. The summed E-state index contributed by atoms with van der Waals surface area (Å²) in [7, 11) is 0. The standard InChI is InChI=1S/C9H18N4/c10-9(11)13-6-5-12-4-2-1-3-8(12)7-13/h8H,1-7H2,(H3,10,11)/t8-/m0/s1. The van der Waals surface area contributed by atoms with Crippen molar-refractivity contribution in [3.63, 3.8) is 0 Å². The molecule has 2 aliphatic rings. The van der Waals surface area contributed by atoms with Crippen molar-refractivity contribution in [2.24, 2.45) is 5.73 Å². The minimum absolute atomic E-state index is 0.241. The molecule has 0 spiro atoms. The Morgan fingerprint density at radius 1 is 1.23 bits per heavy atom. The molecule has 1 atom stereocenters. The Balaban J connectivity index is 1.95. The first kappa shape index (κ1) is 8.81. The quantitative estimate of drug-likeness (QED) is 0.411. The highest BCUT2D eigenvalue weighted by atomic mass is 15.3. The van der Waals surface area contributed by atoms with E-state index >= 15 is 0 Å². The summed E-state index contributed by atoms with van der Waals surface area (Å²) < 4.78 is 0. The fourth-order valence-electron chi connectivity index (χ4n) is 2.37. The van der Waals surface area contributed by atoms with E-state index < -0.39 is 0 Å². The highest BCUT2D eigenvalue weighted by Crippen LogP contribution is 2.20. The van der Waals surface area contributed by atoms with E-state index in [-0.39, 0.29) is 5.96 Å². The number of guanidine groups is 1. The largest absolute Gasteiger partial charge is 0.370 e. The van der Waals surface area contributed by atoms with Crippen molar-refractivity contribution >= 4 is 5.96 Å². The number of nitrogens with zero attached hydrogens (tertiary/aromatic N) is 2. The van der Waals surface area contributed by atoms with E-state index in [2.05, 4.69) is 4.90 Å². The summed E-state index contributed by atoms with van der Waals surface area (Å²) in [6.45, 7) is 4.24. The van der Waals surface area contributed by atoms with E-state index in [9.17, 15) is 0 Å². The van der Waals surface area contributed by atoms with Gasteiger partial charge in [-0.2, -0.15) is 0 Å². The van der Waals surface area contributed by atoms with Crippen LogP contribution in [0.2, 0.25) is 0 Å². The van der Waals surface area contributed by atoms with Crippen molar-refractivity contribution in [2.75, 3.05) is 26.2 Å². The summed E-state index contributed by atoms with van der Waals surface area (Å²) in [5.74, 6) is 0.241. The van der Waals surface area contributed by atoms with Gasteiger partial charge in [-0.25, -0.2) is 0 Å². The van der Waals surface area contributed by atoms with Gasteiger partial charge < -0.3 is 10.6 Å². The summed E-state index contributed by atoms with van der Waals surface area (Å²) in [6.07, 6.45) is 3.97. The first-order valence-electron chi connectivity index (χ1n) is 5.10. The average molecular weight is 182 g/mol. The normalized spacial score (nSPS) is 29.8. The van der Waals surface area contributed by atoms with Crippen molar-refractivity contribution in [3.05, 3.63) is 0 Å². The highest BCUT2D eigenvalue weighted by Gasteiger charge is 2.28. The van der Waals surface area contributed by atoms with Gasteiger partial charge in [0.05, 0.1) is 0 Å². The van der Waals surface area contributed by atoms with Crippen LogP contribution in [0.5, 0.6) is 0 Å². The molecule has 0 aromatic heterocycles. The molecule has 3 N–H and O–H groups in total. The van der Waals surface area contributed by atoms with E-state index in [0.717, 1.165) is 19.6 Å². The molecule has 4 heteroatoms. The molecule has 13 heavy (non-hydrogen) atoms. The van der Waals surface area contributed by atoms with Crippen LogP contribution >= 0.6 is 0 Å². The first-order chi connectivity index (χ1) is 6.27. The third-order valence-corrected chi connectivity index (χ3v) is 3.18. The first-order valence-corrected chi connectivity index (χ1v) is 5.10. The SMILES string of the molecule is N=C(N)N1CCN2CCCC[C@H]2C1. The topological polar surface area (TPSA) is 56.4 Å². The van der Waals surface area contributed by atoms with Crippen LogP contribution in [0.4, 0.5) is 0 Å². The maximum atomic E-state index is 7.38. The maximum absolute atomic E-state index is 7.38. The van der Waals surface area contributed by atoms with Gasteiger partial charge in [-0.05, 0) is 19.4 Å². The fraction of sp³-hybridized carbons (Fsp3) is 0.889. The lowest BCUT2D eigenvalue weighted by Crippen LogP contribution is -2.57. The Kier molecular flexibility index (Phi) is 2.40. The van der Waals surface area contributed by atoms with Gasteiger partial charge >= 0.3 is 0 Å². The predicted molar refractivity (Wildman–Crippen MR) is 52.7 cm³/mol. The third kappa shape index (κ3) is 1.77. The fourth-order valence-corrected chi connectivity index (χ4v) is 2.37. The molecule has 0 amide bonds.